The number of benzene rings is 2. The third-order valence-electron chi connectivity index (χ3n) is 8.17. The maximum Gasteiger partial charge on any atom is 0.255 e. The number of oxazole rings is 1. The summed E-state index contributed by atoms with van der Waals surface area (Å²) in [6.07, 6.45) is 2.71. The topological polar surface area (TPSA) is 95.8 Å². The van der Waals surface area contributed by atoms with E-state index in [1.165, 1.54) is 11.1 Å². The van der Waals surface area contributed by atoms with E-state index in [9.17, 15) is 14.4 Å². The van der Waals surface area contributed by atoms with Crippen LogP contribution in [0.2, 0.25) is 0 Å². The molecule has 0 aliphatic carbocycles. The number of fused-ring (bicyclic) bond motifs is 1. The Labute approximate surface area is 222 Å². The zero-order valence-electron chi connectivity index (χ0n) is 21.8. The van der Waals surface area contributed by atoms with Crippen molar-refractivity contribution >= 4 is 17.7 Å². The molecule has 0 saturated carbocycles. The fourth-order valence-corrected chi connectivity index (χ4v) is 5.88. The Hall–Kier alpha value is -3.78. The molecule has 196 valence electrons. The molecular formula is C30H32N4O4. The molecule has 2 aromatic carbocycles. The average Bonchev–Trinajstić information content (AvgIpc) is 3.44. The van der Waals surface area contributed by atoms with Gasteiger partial charge in [-0.25, -0.2) is 4.98 Å². The molecule has 3 amide bonds. The Morgan fingerprint density at radius 3 is 2.50 bits per heavy atom. The molecule has 8 heteroatoms. The summed E-state index contributed by atoms with van der Waals surface area (Å²) in [6.45, 7) is 7.18. The van der Waals surface area contributed by atoms with E-state index in [4.69, 9.17) is 9.40 Å². The minimum absolute atomic E-state index is 0.121. The van der Waals surface area contributed by atoms with Crippen LogP contribution in [-0.2, 0) is 22.7 Å². The van der Waals surface area contributed by atoms with Crippen LogP contribution in [0.15, 0.2) is 46.9 Å². The molecule has 0 spiro atoms. The summed E-state index contributed by atoms with van der Waals surface area (Å²) in [4.78, 5) is 45.7. The second-order valence-corrected chi connectivity index (χ2v) is 10.8. The molecule has 0 radical (unpaired) electrons. The van der Waals surface area contributed by atoms with Crippen LogP contribution in [0.25, 0.3) is 11.5 Å². The number of imide groups is 1. The van der Waals surface area contributed by atoms with E-state index in [0.717, 1.165) is 55.1 Å². The molecule has 1 aromatic heterocycles. The highest BCUT2D eigenvalue weighted by atomic mass is 16.4. The third-order valence-corrected chi connectivity index (χ3v) is 8.17. The molecule has 3 aromatic rings. The van der Waals surface area contributed by atoms with Crippen LogP contribution in [0.5, 0.6) is 0 Å². The number of rotatable bonds is 5. The van der Waals surface area contributed by atoms with Crippen LogP contribution in [0.4, 0.5) is 0 Å². The van der Waals surface area contributed by atoms with E-state index in [1.807, 2.05) is 25.1 Å². The monoisotopic (exact) mass is 512 g/mol. The maximum absolute atomic E-state index is 13.0. The molecule has 4 heterocycles. The molecule has 38 heavy (non-hydrogen) atoms. The minimum Gasteiger partial charge on any atom is -0.441 e. The minimum atomic E-state index is -0.578. The molecule has 6 rings (SSSR count). The van der Waals surface area contributed by atoms with Crippen LogP contribution in [0.1, 0.15) is 70.1 Å². The van der Waals surface area contributed by atoms with Gasteiger partial charge in [-0.3, -0.25) is 24.6 Å². The number of hydrogen-bond donors (Lipinski definition) is 1. The predicted octanol–water partition coefficient (Wildman–Crippen LogP) is 4.10. The quantitative estimate of drug-likeness (QED) is 0.517. The van der Waals surface area contributed by atoms with Gasteiger partial charge in [0.25, 0.3) is 5.91 Å². The van der Waals surface area contributed by atoms with Crippen molar-refractivity contribution in [3.63, 3.8) is 0 Å². The van der Waals surface area contributed by atoms with Gasteiger partial charge in [0.05, 0.1) is 5.69 Å². The molecule has 8 nitrogen and oxygen atoms in total. The first-order valence-electron chi connectivity index (χ1n) is 13.4. The number of piperidine rings is 2. The molecule has 1 N–H and O–H groups in total. The Balaban J connectivity index is 1.08. The standard InChI is InChI=1S/C30H32N4O4/c1-18-3-5-21(6-4-18)29-31-25(19(2)38-29)17-33-13-11-20(12-14-33)22-7-8-24-23(15-22)16-34(30(24)37)26-9-10-27(35)32-28(26)36/h3-8,15,20,26H,9-14,16-17H2,1-2H3,(H,32,35,36). The molecule has 1 unspecified atom stereocenters. The van der Waals surface area contributed by atoms with Crippen molar-refractivity contribution in [1.82, 2.24) is 20.1 Å². The summed E-state index contributed by atoms with van der Waals surface area (Å²) >= 11 is 0. The molecule has 2 fully saturated rings. The summed E-state index contributed by atoms with van der Waals surface area (Å²) in [5.74, 6) is 1.21. The fourth-order valence-electron chi connectivity index (χ4n) is 5.88. The van der Waals surface area contributed by atoms with Gasteiger partial charge in [0.15, 0.2) is 0 Å². The van der Waals surface area contributed by atoms with E-state index >= 15 is 0 Å². The second-order valence-electron chi connectivity index (χ2n) is 10.8. The van der Waals surface area contributed by atoms with Gasteiger partial charge >= 0.3 is 0 Å². The van der Waals surface area contributed by atoms with Crippen molar-refractivity contribution in [3.05, 3.63) is 76.2 Å². The van der Waals surface area contributed by atoms with Crippen molar-refractivity contribution in [3.8, 4) is 11.5 Å². The number of amides is 3. The van der Waals surface area contributed by atoms with Crippen LogP contribution in [-0.4, -0.2) is 51.6 Å². The maximum atomic E-state index is 13.0. The highest BCUT2D eigenvalue weighted by molar-refractivity contribution is 6.05. The molecular weight excluding hydrogens is 480 g/mol. The van der Waals surface area contributed by atoms with Crippen LogP contribution in [0, 0.1) is 13.8 Å². The first-order chi connectivity index (χ1) is 18.4. The molecule has 0 bridgehead atoms. The van der Waals surface area contributed by atoms with Crippen molar-refractivity contribution in [2.24, 2.45) is 0 Å². The first-order valence-corrected chi connectivity index (χ1v) is 13.4. The van der Waals surface area contributed by atoms with Crippen LogP contribution in [0.3, 0.4) is 0 Å². The summed E-state index contributed by atoms with van der Waals surface area (Å²) < 4.78 is 5.98. The van der Waals surface area contributed by atoms with Crippen molar-refractivity contribution in [2.45, 2.75) is 64.6 Å². The lowest BCUT2D eigenvalue weighted by atomic mass is 9.88. The Kier molecular flexibility index (Phi) is 6.35. The summed E-state index contributed by atoms with van der Waals surface area (Å²) in [5.41, 5.74) is 6.09. The van der Waals surface area contributed by atoms with Gasteiger partial charge in [0, 0.05) is 30.6 Å². The SMILES string of the molecule is Cc1ccc(-c2nc(CN3CCC(c4ccc5c(c4)CN(C4CCC(=O)NC4=O)C5=O)CC3)c(C)o2)cc1. The Bertz CT molecular complexity index is 1400. The fraction of sp³-hybridized carbons (Fsp3) is 0.400. The molecule has 3 aliphatic heterocycles. The van der Waals surface area contributed by atoms with Gasteiger partial charge in [-0.2, -0.15) is 0 Å². The number of aromatic nitrogens is 1. The number of nitrogens with zero attached hydrogens (tertiary/aromatic N) is 3. The lowest BCUT2D eigenvalue weighted by molar-refractivity contribution is -0.136. The van der Waals surface area contributed by atoms with Gasteiger partial charge in [-0.05, 0) is 81.4 Å². The van der Waals surface area contributed by atoms with Gasteiger partial charge in [0.2, 0.25) is 17.7 Å². The van der Waals surface area contributed by atoms with Crippen molar-refractivity contribution in [1.29, 1.82) is 0 Å². The van der Waals surface area contributed by atoms with E-state index in [0.29, 0.717) is 30.3 Å². The predicted molar refractivity (Wildman–Crippen MR) is 141 cm³/mol. The summed E-state index contributed by atoms with van der Waals surface area (Å²) in [5, 5.41) is 2.37. The smallest absolute Gasteiger partial charge is 0.255 e. The normalized spacial score (nSPS) is 20.6. The summed E-state index contributed by atoms with van der Waals surface area (Å²) in [7, 11) is 0. The highest BCUT2D eigenvalue weighted by Gasteiger charge is 2.39. The van der Waals surface area contributed by atoms with Gasteiger partial charge in [0.1, 0.15) is 11.8 Å². The molecule has 2 saturated heterocycles. The van der Waals surface area contributed by atoms with Crippen LogP contribution < -0.4 is 5.32 Å². The first kappa shape index (κ1) is 24.6. The second kappa shape index (κ2) is 9.83. The molecule has 3 aliphatic rings. The largest absolute Gasteiger partial charge is 0.441 e. The van der Waals surface area contributed by atoms with Gasteiger partial charge < -0.3 is 9.32 Å². The van der Waals surface area contributed by atoms with Crippen LogP contribution >= 0.6 is 0 Å². The van der Waals surface area contributed by atoms with Crippen molar-refractivity contribution in [2.75, 3.05) is 13.1 Å². The van der Waals surface area contributed by atoms with E-state index in [1.54, 1.807) is 4.90 Å². The van der Waals surface area contributed by atoms with Gasteiger partial charge in [-0.15, -0.1) is 0 Å². The molecule has 1 atom stereocenters. The number of carbonyl (C=O) groups excluding carboxylic acids is 3. The third kappa shape index (κ3) is 4.65. The number of carbonyl (C=O) groups is 3. The zero-order chi connectivity index (χ0) is 26.4. The average molecular weight is 513 g/mol. The zero-order valence-corrected chi connectivity index (χ0v) is 21.8. The van der Waals surface area contributed by atoms with Gasteiger partial charge in [-0.1, -0.05) is 29.8 Å². The number of hydrogen-bond acceptors (Lipinski definition) is 6. The number of nitrogens with one attached hydrogen (secondary N) is 1. The van der Waals surface area contributed by atoms with E-state index < -0.39 is 6.04 Å². The lowest BCUT2D eigenvalue weighted by Gasteiger charge is -2.32. The Morgan fingerprint density at radius 2 is 1.76 bits per heavy atom. The highest BCUT2D eigenvalue weighted by Crippen LogP contribution is 2.34. The summed E-state index contributed by atoms with van der Waals surface area (Å²) in [6, 6.07) is 13.8. The number of likely N-dealkylation sites (tertiary alicyclic amines) is 1. The Morgan fingerprint density at radius 1 is 1.00 bits per heavy atom. The van der Waals surface area contributed by atoms with E-state index in [2.05, 4.69) is 41.4 Å². The van der Waals surface area contributed by atoms with E-state index in [-0.39, 0.29) is 24.1 Å². The lowest BCUT2D eigenvalue weighted by Crippen LogP contribution is -2.52. The van der Waals surface area contributed by atoms with Crippen molar-refractivity contribution < 1.29 is 18.8 Å². The number of aryl methyl sites for hydroxylation is 2.